The molecule has 100 valence electrons. The lowest BCUT2D eigenvalue weighted by Gasteiger charge is -2.23. The van der Waals surface area contributed by atoms with Gasteiger partial charge in [-0.15, -0.1) is 23.1 Å². The molecule has 1 heterocycles. The van der Waals surface area contributed by atoms with E-state index in [0.717, 1.165) is 4.21 Å². The minimum Gasteiger partial charge on any atom is -0.481 e. The van der Waals surface area contributed by atoms with Crippen molar-refractivity contribution in [3.63, 3.8) is 0 Å². The Balaban J connectivity index is 2.34. The first-order valence-corrected chi connectivity index (χ1v) is 7.51. The highest BCUT2D eigenvalue weighted by Crippen LogP contribution is 2.23. The molecule has 0 radical (unpaired) electrons. The van der Waals surface area contributed by atoms with Crippen molar-refractivity contribution in [3.05, 3.63) is 17.5 Å². The molecule has 1 amide bonds. The summed E-state index contributed by atoms with van der Waals surface area (Å²) in [6, 6.07) is 3.89. The average molecular weight is 287 g/mol. The summed E-state index contributed by atoms with van der Waals surface area (Å²) in [7, 11) is 0. The van der Waals surface area contributed by atoms with Gasteiger partial charge in [-0.25, -0.2) is 0 Å². The van der Waals surface area contributed by atoms with Crippen LogP contribution in [-0.2, 0) is 9.59 Å². The second-order valence-corrected chi connectivity index (χ2v) is 6.44. The van der Waals surface area contributed by atoms with Crippen molar-refractivity contribution < 1.29 is 14.7 Å². The number of hydrogen-bond acceptors (Lipinski definition) is 4. The number of thioether (sulfide) groups is 1. The third kappa shape index (κ3) is 4.34. The highest BCUT2D eigenvalue weighted by atomic mass is 32.2. The lowest BCUT2D eigenvalue weighted by atomic mass is 9.88. The summed E-state index contributed by atoms with van der Waals surface area (Å²) in [4.78, 5) is 22.7. The summed E-state index contributed by atoms with van der Waals surface area (Å²) in [6.45, 7) is 3.62. The Kier molecular flexibility index (Phi) is 5.68. The van der Waals surface area contributed by atoms with E-state index < -0.39 is 11.4 Å². The Morgan fingerprint density at radius 2 is 2.28 bits per heavy atom. The van der Waals surface area contributed by atoms with E-state index >= 15 is 0 Å². The number of carbonyl (C=O) groups excluding carboxylic acids is 1. The number of aliphatic carboxylic acids is 1. The third-order valence-corrected chi connectivity index (χ3v) is 4.94. The normalized spacial score (nSPS) is 13.9. The van der Waals surface area contributed by atoms with Gasteiger partial charge in [0.05, 0.1) is 15.4 Å². The molecule has 1 rings (SSSR count). The highest BCUT2D eigenvalue weighted by molar-refractivity contribution is 8.01. The molecule has 2 N–H and O–H groups in total. The molecule has 6 heteroatoms. The number of rotatable bonds is 7. The van der Waals surface area contributed by atoms with E-state index in [2.05, 4.69) is 5.32 Å². The van der Waals surface area contributed by atoms with E-state index in [1.807, 2.05) is 17.5 Å². The SMILES string of the molecule is CCC(C)(CNC(=O)CSc1cccs1)C(=O)O. The molecule has 0 aromatic carbocycles. The topological polar surface area (TPSA) is 66.4 Å². The van der Waals surface area contributed by atoms with Crippen LogP contribution in [0.1, 0.15) is 20.3 Å². The van der Waals surface area contributed by atoms with Crippen molar-refractivity contribution in [3.8, 4) is 0 Å². The Bertz CT molecular complexity index is 405. The van der Waals surface area contributed by atoms with E-state index in [1.54, 1.807) is 25.2 Å². The van der Waals surface area contributed by atoms with Crippen molar-refractivity contribution in [2.75, 3.05) is 12.3 Å². The number of carbonyl (C=O) groups is 2. The standard InChI is InChI=1S/C12H17NO3S2/c1-3-12(2,11(15)16)8-13-9(14)7-18-10-5-4-6-17-10/h4-6H,3,7-8H2,1-2H3,(H,13,14)(H,15,16). The molecule has 0 saturated heterocycles. The van der Waals surface area contributed by atoms with Crippen LogP contribution >= 0.6 is 23.1 Å². The van der Waals surface area contributed by atoms with Gasteiger partial charge in [0.25, 0.3) is 0 Å². The van der Waals surface area contributed by atoms with Crippen molar-refractivity contribution in [2.24, 2.45) is 5.41 Å². The first kappa shape index (κ1) is 15.0. The van der Waals surface area contributed by atoms with Gasteiger partial charge in [0.2, 0.25) is 5.91 Å². The lowest BCUT2D eigenvalue weighted by Crippen LogP contribution is -2.41. The van der Waals surface area contributed by atoms with Gasteiger partial charge in [0.1, 0.15) is 0 Å². The molecule has 0 aliphatic rings. The second-order valence-electron chi connectivity index (χ2n) is 4.22. The van der Waals surface area contributed by atoms with Gasteiger partial charge in [0.15, 0.2) is 0 Å². The maximum atomic E-state index is 11.6. The molecule has 4 nitrogen and oxygen atoms in total. The van der Waals surface area contributed by atoms with E-state index in [1.165, 1.54) is 11.8 Å². The minimum atomic E-state index is -0.886. The maximum Gasteiger partial charge on any atom is 0.311 e. The van der Waals surface area contributed by atoms with Gasteiger partial charge < -0.3 is 10.4 Å². The van der Waals surface area contributed by atoms with Crippen LogP contribution in [0.5, 0.6) is 0 Å². The fourth-order valence-corrected chi connectivity index (χ4v) is 2.79. The molecule has 1 aromatic rings. The molecule has 0 aliphatic heterocycles. The summed E-state index contributed by atoms with van der Waals surface area (Å²) in [5.74, 6) is -0.689. The molecular formula is C12H17NO3S2. The molecule has 1 aromatic heterocycles. The van der Waals surface area contributed by atoms with Crippen LogP contribution in [0, 0.1) is 5.41 Å². The van der Waals surface area contributed by atoms with Crippen molar-refractivity contribution in [1.82, 2.24) is 5.32 Å². The fraction of sp³-hybridized carbons (Fsp3) is 0.500. The molecule has 0 aliphatic carbocycles. The van der Waals surface area contributed by atoms with Crippen LogP contribution in [-0.4, -0.2) is 29.3 Å². The number of nitrogens with one attached hydrogen (secondary N) is 1. The first-order valence-electron chi connectivity index (χ1n) is 5.64. The van der Waals surface area contributed by atoms with Gasteiger partial charge in [-0.05, 0) is 24.8 Å². The highest BCUT2D eigenvalue weighted by Gasteiger charge is 2.31. The molecule has 0 bridgehead atoms. The first-order chi connectivity index (χ1) is 8.48. The summed E-state index contributed by atoms with van der Waals surface area (Å²) in [6.07, 6.45) is 0.487. The largest absolute Gasteiger partial charge is 0.481 e. The Labute approximate surface area is 115 Å². The van der Waals surface area contributed by atoms with Crippen molar-refractivity contribution >= 4 is 35.0 Å². The lowest BCUT2D eigenvalue weighted by molar-refractivity contribution is -0.148. The number of carboxylic acids is 1. The van der Waals surface area contributed by atoms with Gasteiger partial charge in [-0.3, -0.25) is 9.59 Å². The second kappa shape index (κ2) is 6.80. The molecule has 1 atom stereocenters. The third-order valence-electron chi connectivity index (χ3n) is 2.81. The van der Waals surface area contributed by atoms with E-state index in [9.17, 15) is 9.59 Å². The summed E-state index contributed by atoms with van der Waals surface area (Å²) in [5, 5.41) is 13.7. The van der Waals surface area contributed by atoms with Gasteiger partial charge in [0, 0.05) is 6.54 Å². The zero-order valence-corrected chi connectivity index (χ0v) is 12.1. The Morgan fingerprint density at radius 3 is 2.78 bits per heavy atom. The van der Waals surface area contributed by atoms with Crippen LogP contribution in [0.25, 0.3) is 0 Å². The van der Waals surface area contributed by atoms with Crippen molar-refractivity contribution in [2.45, 2.75) is 24.5 Å². The molecule has 1 unspecified atom stereocenters. The zero-order chi connectivity index (χ0) is 13.6. The van der Waals surface area contributed by atoms with E-state index in [4.69, 9.17) is 5.11 Å². The Morgan fingerprint density at radius 1 is 1.56 bits per heavy atom. The smallest absolute Gasteiger partial charge is 0.311 e. The Hall–Kier alpha value is -1.01. The number of thiophene rings is 1. The quantitative estimate of drug-likeness (QED) is 0.756. The van der Waals surface area contributed by atoms with Crippen molar-refractivity contribution in [1.29, 1.82) is 0 Å². The van der Waals surface area contributed by atoms with Crippen LogP contribution in [0.3, 0.4) is 0 Å². The molecule has 0 saturated carbocycles. The zero-order valence-electron chi connectivity index (χ0n) is 10.4. The van der Waals surface area contributed by atoms with Gasteiger partial charge in [-0.2, -0.15) is 0 Å². The summed E-state index contributed by atoms with van der Waals surface area (Å²) >= 11 is 3.05. The monoisotopic (exact) mass is 287 g/mol. The predicted molar refractivity (Wildman–Crippen MR) is 74.1 cm³/mol. The molecule has 0 fully saturated rings. The molecule has 18 heavy (non-hydrogen) atoms. The predicted octanol–water partition coefficient (Wildman–Crippen LogP) is 2.46. The summed E-state index contributed by atoms with van der Waals surface area (Å²) < 4.78 is 1.08. The van der Waals surface area contributed by atoms with Crippen LogP contribution in [0.2, 0.25) is 0 Å². The van der Waals surface area contributed by atoms with Crippen LogP contribution in [0.4, 0.5) is 0 Å². The van der Waals surface area contributed by atoms with E-state index in [-0.39, 0.29) is 12.5 Å². The number of amides is 1. The number of carboxylic acid groups (broad SMARTS) is 1. The van der Waals surface area contributed by atoms with Crippen LogP contribution in [0.15, 0.2) is 21.7 Å². The minimum absolute atomic E-state index is 0.130. The average Bonchev–Trinajstić information content (AvgIpc) is 2.86. The fourth-order valence-electron chi connectivity index (χ4n) is 1.18. The maximum absolute atomic E-state index is 11.6. The summed E-state index contributed by atoms with van der Waals surface area (Å²) in [5.41, 5.74) is -0.886. The molecular weight excluding hydrogens is 270 g/mol. The molecule has 0 spiro atoms. The van der Waals surface area contributed by atoms with Crippen LogP contribution < -0.4 is 5.32 Å². The van der Waals surface area contributed by atoms with E-state index in [0.29, 0.717) is 12.2 Å². The number of hydrogen-bond donors (Lipinski definition) is 2. The van der Waals surface area contributed by atoms with Gasteiger partial charge in [-0.1, -0.05) is 13.0 Å². The van der Waals surface area contributed by atoms with Gasteiger partial charge >= 0.3 is 5.97 Å².